The highest BCUT2D eigenvalue weighted by Gasteiger charge is 2.15. The fourth-order valence-corrected chi connectivity index (χ4v) is 2.22. The molecule has 0 amide bonds. The highest BCUT2D eigenvalue weighted by atomic mass is 35.5. The van der Waals surface area contributed by atoms with Gasteiger partial charge in [0, 0.05) is 6.20 Å². The first-order chi connectivity index (χ1) is 8.61. The highest BCUT2D eigenvalue weighted by molar-refractivity contribution is 6.29. The van der Waals surface area contributed by atoms with Crippen LogP contribution in [0.5, 0.6) is 0 Å². The predicted molar refractivity (Wildman–Crippen MR) is 74.3 cm³/mol. The van der Waals surface area contributed by atoms with Crippen molar-refractivity contribution in [2.75, 3.05) is 0 Å². The fourth-order valence-electron chi connectivity index (χ4n) is 2.03. The standard InChI is InChI=1S/C14H16ClN3/c1-9-3-4-10(2)12(7-9)14(18-16)11-5-6-17-13(15)8-11/h3-8,14,18H,16H2,1-2H3. The van der Waals surface area contributed by atoms with Gasteiger partial charge in [-0.2, -0.15) is 0 Å². The van der Waals surface area contributed by atoms with Crippen LogP contribution in [0.1, 0.15) is 28.3 Å². The summed E-state index contributed by atoms with van der Waals surface area (Å²) in [5.41, 5.74) is 7.40. The zero-order chi connectivity index (χ0) is 13.1. The molecule has 0 saturated heterocycles. The van der Waals surface area contributed by atoms with Crippen molar-refractivity contribution in [1.29, 1.82) is 0 Å². The van der Waals surface area contributed by atoms with Gasteiger partial charge in [0.05, 0.1) is 6.04 Å². The number of hydrogen-bond acceptors (Lipinski definition) is 3. The fraction of sp³-hybridized carbons (Fsp3) is 0.214. The second-order valence-electron chi connectivity index (χ2n) is 4.37. The van der Waals surface area contributed by atoms with E-state index in [1.54, 1.807) is 6.20 Å². The Kier molecular flexibility index (Phi) is 3.97. The maximum Gasteiger partial charge on any atom is 0.129 e. The Hall–Kier alpha value is -1.42. The average molecular weight is 262 g/mol. The largest absolute Gasteiger partial charge is 0.271 e. The lowest BCUT2D eigenvalue weighted by molar-refractivity contribution is 0.632. The number of nitrogens with one attached hydrogen (secondary N) is 1. The number of hydrazine groups is 1. The lowest BCUT2D eigenvalue weighted by atomic mass is 9.94. The van der Waals surface area contributed by atoms with Gasteiger partial charge in [-0.15, -0.1) is 0 Å². The highest BCUT2D eigenvalue weighted by Crippen LogP contribution is 2.26. The summed E-state index contributed by atoms with van der Waals surface area (Å²) in [6.07, 6.45) is 1.69. The molecule has 18 heavy (non-hydrogen) atoms. The van der Waals surface area contributed by atoms with Gasteiger partial charge >= 0.3 is 0 Å². The van der Waals surface area contributed by atoms with Crippen LogP contribution in [0.15, 0.2) is 36.5 Å². The third-order valence-electron chi connectivity index (χ3n) is 3.00. The van der Waals surface area contributed by atoms with E-state index in [2.05, 4.69) is 42.5 Å². The third-order valence-corrected chi connectivity index (χ3v) is 3.20. The van der Waals surface area contributed by atoms with Gasteiger partial charge in [0.2, 0.25) is 0 Å². The first-order valence-electron chi connectivity index (χ1n) is 5.76. The van der Waals surface area contributed by atoms with Crippen molar-refractivity contribution < 1.29 is 0 Å². The molecule has 0 radical (unpaired) electrons. The van der Waals surface area contributed by atoms with Crippen molar-refractivity contribution in [1.82, 2.24) is 10.4 Å². The number of aryl methyl sites for hydroxylation is 2. The normalized spacial score (nSPS) is 12.4. The Balaban J connectivity index is 2.48. The lowest BCUT2D eigenvalue weighted by Gasteiger charge is -2.19. The molecule has 1 aromatic carbocycles. The van der Waals surface area contributed by atoms with Crippen LogP contribution in [0.2, 0.25) is 5.15 Å². The lowest BCUT2D eigenvalue weighted by Crippen LogP contribution is -2.29. The summed E-state index contributed by atoms with van der Waals surface area (Å²) >= 11 is 5.92. The minimum atomic E-state index is -0.0783. The molecule has 3 N–H and O–H groups in total. The van der Waals surface area contributed by atoms with E-state index in [4.69, 9.17) is 17.4 Å². The molecule has 0 aliphatic heterocycles. The van der Waals surface area contributed by atoms with Crippen LogP contribution in [-0.2, 0) is 0 Å². The molecule has 1 aromatic heterocycles. The summed E-state index contributed by atoms with van der Waals surface area (Å²) in [6, 6.07) is 9.98. The molecule has 0 spiro atoms. The van der Waals surface area contributed by atoms with Gasteiger partial charge in [-0.3, -0.25) is 5.84 Å². The van der Waals surface area contributed by atoms with E-state index in [1.807, 2.05) is 12.1 Å². The molecular formula is C14H16ClN3. The van der Waals surface area contributed by atoms with Crippen LogP contribution in [0, 0.1) is 13.8 Å². The van der Waals surface area contributed by atoms with E-state index in [0.717, 1.165) is 11.1 Å². The van der Waals surface area contributed by atoms with Crippen molar-refractivity contribution in [2.45, 2.75) is 19.9 Å². The molecule has 1 heterocycles. The van der Waals surface area contributed by atoms with Crippen LogP contribution < -0.4 is 11.3 Å². The number of nitrogens with two attached hydrogens (primary N) is 1. The number of hydrogen-bond donors (Lipinski definition) is 2. The SMILES string of the molecule is Cc1ccc(C)c(C(NN)c2ccnc(Cl)c2)c1. The van der Waals surface area contributed by atoms with Crippen LogP contribution in [-0.4, -0.2) is 4.98 Å². The molecule has 2 rings (SSSR count). The van der Waals surface area contributed by atoms with Crippen molar-refractivity contribution in [3.05, 3.63) is 63.9 Å². The molecule has 3 nitrogen and oxygen atoms in total. The van der Waals surface area contributed by atoms with Gasteiger partial charge in [0.15, 0.2) is 0 Å². The van der Waals surface area contributed by atoms with Gasteiger partial charge in [-0.05, 0) is 42.7 Å². The smallest absolute Gasteiger partial charge is 0.129 e. The Morgan fingerprint density at radius 2 is 2.00 bits per heavy atom. The summed E-state index contributed by atoms with van der Waals surface area (Å²) in [4.78, 5) is 3.99. The van der Waals surface area contributed by atoms with Gasteiger partial charge in [0.1, 0.15) is 5.15 Å². The molecule has 0 bridgehead atoms. The first kappa shape index (κ1) is 13.0. The van der Waals surface area contributed by atoms with Crippen LogP contribution in [0.25, 0.3) is 0 Å². The molecule has 2 aromatic rings. The summed E-state index contributed by atoms with van der Waals surface area (Å²) in [5, 5.41) is 0.470. The van der Waals surface area contributed by atoms with Gasteiger partial charge in [0.25, 0.3) is 0 Å². The first-order valence-corrected chi connectivity index (χ1v) is 6.14. The molecule has 1 atom stereocenters. The number of halogens is 1. The summed E-state index contributed by atoms with van der Waals surface area (Å²) in [6.45, 7) is 4.14. The van der Waals surface area contributed by atoms with Crippen molar-refractivity contribution in [3.8, 4) is 0 Å². The minimum Gasteiger partial charge on any atom is -0.271 e. The summed E-state index contributed by atoms with van der Waals surface area (Å²) in [7, 11) is 0. The molecule has 1 unspecified atom stereocenters. The number of benzene rings is 1. The maximum atomic E-state index is 5.92. The predicted octanol–water partition coefficient (Wildman–Crippen LogP) is 2.90. The molecule has 0 aliphatic rings. The Bertz CT molecular complexity index is 554. The van der Waals surface area contributed by atoms with E-state index in [9.17, 15) is 0 Å². The van der Waals surface area contributed by atoms with Gasteiger partial charge in [-0.1, -0.05) is 35.4 Å². The molecule has 0 saturated carbocycles. The zero-order valence-corrected chi connectivity index (χ0v) is 11.2. The number of pyridine rings is 1. The second-order valence-corrected chi connectivity index (χ2v) is 4.76. The van der Waals surface area contributed by atoms with Crippen LogP contribution in [0.3, 0.4) is 0 Å². The Morgan fingerprint density at radius 3 is 2.67 bits per heavy atom. The van der Waals surface area contributed by atoms with Crippen molar-refractivity contribution in [3.63, 3.8) is 0 Å². The summed E-state index contributed by atoms with van der Waals surface area (Å²) in [5.74, 6) is 5.69. The van der Waals surface area contributed by atoms with Gasteiger partial charge < -0.3 is 0 Å². The topological polar surface area (TPSA) is 50.9 Å². The quantitative estimate of drug-likeness (QED) is 0.507. The van der Waals surface area contributed by atoms with Crippen molar-refractivity contribution >= 4 is 11.6 Å². The molecular weight excluding hydrogens is 246 g/mol. The van der Waals surface area contributed by atoms with E-state index >= 15 is 0 Å². The molecule has 4 heteroatoms. The number of rotatable bonds is 3. The molecule has 0 aliphatic carbocycles. The van der Waals surface area contributed by atoms with E-state index in [1.165, 1.54) is 11.1 Å². The third kappa shape index (κ3) is 2.70. The molecule has 94 valence electrons. The summed E-state index contributed by atoms with van der Waals surface area (Å²) < 4.78 is 0. The van der Waals surface area contributed by atoms with Crippen LogP contribution >= 0.6 is 11.6 Å². The Morgan fingerprint density at radius 1 is 1.22 bits per heavy atom. The number of nitrogens with zero attached hydrogens (tertiary/aromatic N) is 1. The van der Waals surface area contributed by atoms with Crippen molar-refractivity contribution in [2.24, 2.45) is 5.84 Å². The second kappa shape index (κ2) is 5.48. The van der Waals surface area contributed by atoms with E-state index in [0.29, 0.717) is 5.15 Å². The van der Waals surface area contributed by atoms with Gasteiger partial charge in [-0.25, -0.2) is 10.4 Å². The molecule has 0 fully saturated rings. The average Bonchev–Trinajstić information content (AvgIpc) is 2.35. The van der Waals surface area contributed by atoms with E-state index < -0.39 is 0 Å². The number of aromatic nitrogens is 1. The maximum absolute atomic E-state index is 5.92. The Labute approximate surface area is 112 Å². The zero-order valence-electron chi connectivity index (χ0n) is 10.4. The van der Waals surface area contributed by atoms with Crippen LogP contribution in [0.4, 0.5) is 0 Å². The minimum absolute atomic E-state index is 0.0783. The van der Waals surface area contributed by atoms with E-state index in [-0.39, 0.29) is 6.04 Å². The monoisotopic (exact) mass is 261 g/mol.